The normalized spacial score (nSPS) is 9.55. The van der Waals surface area contributed by atoms with Crippen LogP contribution in [0.2, 0.25) is 0 Å². The minimum atomic E-state index is -1.14. The quantitative estimate of drug-likeness (QED) is 0.677. The van der Waals surface area contributed by atoms with Crippen LogP contribution in [-0.2, 0) is 6.42 Å². The van der Waals surface area contributed by atoms with Crippen molar-refractivity contribution >= 4 is 11.9 Å². The van der Waals surface area contributed by atoms with E-state index in [1.165, 1.54) is 0 Å². The maximum Gasteiger partial charge on any atom is 0.410 e. The number of amides is 1. The molecule has 0 aliphatic carbocycles. The van der Waals surface area contributed by atoms with E-state index in [1.54, 1.807) is 6.07 Å². The summed E-state index contributed by atoms with van der Waals surface area (Å²) in [6.07, 6.45) is -0.435. The first-order chi connectivity index (χ1) is 5.22. The van der Waals surface area contributed by atoms with Crippen LogP contribution in [0.25, 0.3) is 0 Å². The van der Waals surface area contributed by atoms with Gasteiger partial charge in [0.25, 0.3) is 0 Å². The van der Waals surface area contributed by atoms with Crippen molar-refractivity contribution in [3.63, 3.8) is 0 Å². The molecule has 5 heteroatoms. The number of nitrogens with zero attached hydrogens (tertiary/aromatic N) is 1. The summed E-state index contributed by atoms with van der Waals surface area (Å²) in [6.45, 7) is 1.89. The highest BCUT2D eigenvalue weighted by Crippen LogP contribution is 2.08. The molecule has 0 bridgehead atoms. The van der Waals surface area contributed by atoms with Crippen molar-refractivity contribution in [2.24, 2.45) is 0 Å². The van der Waals surface area contributed by atoms with Crippen LogP contribution in [0.5, 0.6) is 0 Å². The van der Waals surface area contributed by atoms with E-state index in [2.05, 4.69) is 10.5 Å². The van der Waals surface area contributed by atoms with E-state index in [0.29, 0.717) is 12.2 Å². The van der Waals surface area contributed by atoms with Gasteiger partial charge in [0, 0.05) is 12.5 Å². The lowest BCUT2D eigenvalue weighted by Gasteiger charge is -1.88. The van der Waals surface area contributed by atoms with E-state index in [1.807, 2.05) is 6.92 Å². The highest BCUT2D eigenvalue weighted by atomic mass is 16.5. The van der Waals surface area contributed by atoms with Crippen LogP contribution in [-0.4, -0.2) is 16.4 Å². The second-order valence-electron chi connectivity index (χ2n) is 1.96. The fourth-order valence-electron chi connectivity index (χ4n) is 0.648. The third-order valence-corrected chi connectivity index (χ3v) is 1.14. The zero-order valence-corrected chi connectivity index (χ0v) is 6.00. The van der Waals surface area contributed by atoms with E-state index in [-0.39, 0.29) is 5.82 Å². The third-order valence-electron chi connectivity index (χ3n) is 1.14. The number of carbonyl (C=O) groups is 1. The van der Waals surface area contributed by atoms with Gasteiger partial charge in [-0.05, 0) is 0 Å². The standard InChI is InChI=1S/C6H8N2O3/c1-2-4-3-5(8-11-4)7-6(9)10/h3H,2H2,1H3,(H,7,8)(H,9,10). The highest BCUT2D eigenvalue weighted by Gasteiger charge is 2.03. The van der Waals surface area contributed by atoms with Crippen molar-refractivity contribution < 1.29 is 14.4 Å². The third kappa shape index (κ3) is 1.96. The Hall–Kier alpha value is -1.52. The average Bonchev–Trinajstić information content (AvgIpc) is 2.34. The molecule has 0 aliphatic heterocycles. The van der Waals surface area contributed by atoms with Gasteiger partial charge in [0.05, 0.1) is 0 Å². The van der Waals surface area contributed by atoms with E-state index in [4.69, 9.17) is 9.63 Å². The molecule has 0 radical (unpaired) electrons. The molecule has 5 nitrogen and oxygen atoms in total. The van der Waals surface area contributed by atoms with Crippen molar-refractivity contribution in [3.05, 3.63) is 11.8 Å². The first-order valence-electron chi connectivity index (χ1n) is 3.18. The Morgan fingerprint density at radius 1 is 1.91 bits per heavy atom. The van der Waals surface area contributed by atoms with Crippen LogP contribution in [0.3, 0.4) is 0 Å². The van der Waals surface area contributed by atoms with Gasteiger partial charge in [-0.25, -0.2) is 4.79 Å². The Morgan fingerprint density at radius 2 is 2.64 bits per heavy atom. The summed E-state index contributed by atoms with van der Waals surface area (Å²) >= 11 is 0. The second-order valence-corrected chi connectivity index (χ2v) is 1.96. The summed E-state index contributed by atoms with van der Waals surface area (Å²) < 4.78 is 4.74. The number of hydrogen-bond donors (Lipinski definition) is 2. The first kappa shape index (κ1) is 7.59. The number of aromatic nitrogens is 1. The maximum atomic E-state index is 10.1. The minimum Gasteiger partial charge on any atom is -0.465 e. The van der Waals surface area contributed by atoms with Gasteiger partial charge in [0.2, 0.25) is 0 Å². The highest BCUT2D eigenvalue weighted by molar-refractivity contribution is 5.81. The van der Waals surface area contributed by atoms with Crippen LogP contribution in [0.1, 0.15) is 12.7 Å². The number of hydrogen-bond acceptors (Lipinski definition) is 3. The fourth-order valence-corrected chi connectivity index (χ4v) is 0.648. The Morgan fingerprint density at radius 3 is 3.09 bits per heavy atom. The molecule has 11 heavy (non-hydrogen) atoms. The summed E-state index contributed by atoms with van der Waals surface area (Å²) in [4.78, 5) is 10.1. The van der Waals surface area contributed by atoms with Gasteiger partial charge in [-0.15, -0.1) is 0 Å². The first-order valence-corrected chi connectivity index (χ1v) is 3.18. The number of anilines is 1. The molecule has 2 N–H and O–H groups in total. The van der Waals surface area contributed by atoms with Gasteiger partial charge in [0.1, 0.15) is 5.76 Å². The molecule has 0 fully saturated rings. The molecule has 0 aromatic carbocycles. The van der Waals surface area contributed by atoms with Crippen LogP contribution in [0.15, 0.2) is 10.6 Å². The molecule has 60 valence electrons. The molecular weight excluding hydrogens is 148 g/mol. The van der Waals surface area contributed by atoms with Gasteiger partial charge in [-0.2, -0.15) is 0 Å². The summed E-state index contributed by atoms with van der Waals surface area (Å²) in [6, 6.07) is 1.55. The SMILES string of the molecule is CCc1cc(NC(=O)O)no1. The Kier molecular flexibility index (Phi) is 2.10. The van der Waals surface area contributed by atoms with Crippen molar-refractivity contribution in [1.82, 2.24) is 5.16 Å². The average molecular weight is 156 g/mol. The smallest absolute Gasteiger partial charge is 0.410 e. The Labute approximate surface area is 63.0 Å². The minimum absolute atomic E-state index is 0.231. The molecule has 0 saturated carbocycles. The van der Waals surface area contributed by atoms with Crippen LogP contribution in [0.4, 0.5) is 10.6 Å². The number of aryl methyl sites for hydroxylation is 1. The van der Waals surface area contributed by atoms with Gasteiger partial charge in [-0.1, -0.05) is 12.1 Å². The molecule has 1 aromatic heterocycles. The molecule has 1 amide bonds. The largest absolute Gasteiger partial charge is 0.465 e. The van der Waals surface area contributed by atoms with E-state index < -0.39 is 6.09 Å². The molecule has 0 unspecified atom stereocenters. The van der Waals surface area contributed by atoms with Crippen LogP contribution in [0, 0.1) is 0 Å². The van der Waals surface area contributed by atoms with Gasteiger partial charge in [0.15, 0.2) is 5.82 Å². The predicted molar refractivity (Wildman–Crippen MR) is 37.5 cm³/mol. The summed E-state index contributed by atoms with van der Waals surface area (Å²) in [5.41, 5.74) is 0. The van der Waals surface area contributed by atoms with E-state index in [9.17, 15) is 4.79 Å². The van der Waals surface area contributed by atoms with Crippen molar-refractivity contribution in [2.75, 3.05) is 5.32 Å². The number of carboxylic acid groups (broad SMARTS) is 1. The van der Waals surface area contributed by atoms with Crippen molar-refractivity contribution in [2.45, 2.75) is 13.3 Å². The van der Waals surface area contributed by atoms with Crippen LogP contribution >= 0.6 is 0 Å². The van der Waals surface area contributed by atoms with Gasteiger partial charge < -0.3 is 9.63 Å². The molecule has 1 aromatic rings. The molecule has 1 rings (SSSR count). The molecular formula is C6H8N2O3. The van der Waals surface area contributed by atoms with E-state index in [0.717, 1.165) is 0 Å². The lowest BCUT2D eigenvalue weighted by Crippen LogP contribution is -2.06. The Balaban J connectivity index is 2.65. The zero-order valence-electron chi connectivity index (χ0n) is 6.00. The molecule has 0 saturated heterocycles. The Bertz CT molecular complexity index is 256. The van der Waals surface area contributed by atoms with Gasteiger partial charge >= 0.3 is 6.09 Å². The van der Waals surface area contributed by atoms with Crippen molar-refractivity contribution in [3.8, 4) is 0 Å². The molecule has 1 heterocycles. The van der Waals surface area contributed by atoms with Gasteiger partial charge in [-0.3, -0.25) is 5.32 Å². The second kappa shape index (κ2) is 3.05. The maximum absolute atomic E-state index is 10.1. The monoisotopic (exact) mass is 156 g/mol. The number of nitrogens with one attached hydrogen (secondary N) is 1. The predicted octanol–water partition coefficient (Wildman–Crippen LogP) is 1.33. The lowest BCUT2D eigenvalue weighted by molar-refractivity contribution is 0.209. The molecule has 0 aliphatic rings. The fraction of sp³-hybridized carbons (Fsp3) is 0.333. The van der Waals surface area contributed by atoms with Crippen LogP contribution < -0.4 is 5.32 Å². The van der Waals surface area contributed by atoms with Crippen molar-refractivity contribution in [1.29, 1.82) is 0 Å². The molecule has 0 atom stereocenters. The molecule has 0 spiro atoms. The number of rotatable bonds is 2. The summed E-state index contributed by atoms with van der Waals surface area (Å²) in [5.74, 6) is 0.892. The lowest BCUT2D eigenvalue weighted by atomic mass is 10.4. The summed E-state index contributed by atoms with van der Waals surface area (Å²) in [7, 11) is 0. The zero-order chi connectivity index (χ0) is 8.27. The topological polar surface area (TPSA) is 75.4 Å². The van der Waals surface area contributed by atoms with E-state index >= 15 is 0 Å². The summed E-state index contributed by atoms with van der Waals surface area (Å²) in [5, 5.41) is 13.8.